The average molecular weight is 426 g/mol. The number of benzene rings is 2. The second-order valence-corrected chi connectivity index (χ2v) is 8.88. The lowest BCUT2D eigenvalue weighted by molar-refractivity contribution is -0.132. The van der Waals surface area contributed by atoms with Crippen molar-refractivity contribution in [2.75, 3.05) is 24.7 Å². The van der Waals surface area contributed by atoms with E-state index in [1.165, 1.54) is 23.5 Å². The Kier molecular flexibility index (Phi) is 4.37. The molecule has 1 unspecified atom stereocenters. The van der Waals surface area contributed by atoms with E-state index >= 15 is 0 Å². The van der Waals surface area contributed by atoms with Crippen LogP contribution in [0.15, 0.2) is 29.8 Å². The Morgan fingerprint density at radius 3 is 2.70 bits per heavy atom. The topological polar surface area (TPSA) is 92.1 Å². The molecule has 2 N–H and O–H groups in total. The van der Waals surface area contributed by atoms with Crippen LogP contribution in [0.5, 0.6) is 17.2 Å². The number of thiazole rings is 1. The molecule has 5 rings (SSSR count). The Morgan fingerprint density at radius 2 is 1.97 bits per heavy atom. The van der Waals surface area contributed by atoms with Crippen LogP contribution >= 0.6 is 11.3 Å². The SMILES string of the molecule is CC(C)CCN1C(=O)C(O)(c2cc3c(cc2O)OCCO3)c2c1ccc1ncsc21. The van der Waals surface area contributed by atoms with Gasteiger partial charge in [-0.2, -0.15) is 0 Å². The van der Waals surface area contributed by atoms with Crippen molar-refractivity contribution in [3.05, 3.63) is 40.9 Å². The third-order valence-electron chi connectivity index (χ3n) is 5.66. The number of phenolic OH excluding ortho intramolecular Hbond substituents is 1. The predicted molar refractivity (Wildman–Crippen MR) is 114 cm³/mol. The zero-order chi connectivity index (χ0) is 21.0. The van der Waals surface area contributed by atoms with E-state index < -0.39 is 11.5 Å². The molecule has 0 saturated carbocycles. The van der Waals surface area contributed by atoms with Gasteiger partial charge in [0.2, 0.25) is 5.60 Å². The van der Waals surface area contributed by atoms with Gasteiger partial charge in [-0.1, -0.05) is 13.8 Å². The molecule has 0 fully saturated rings. The van der Waals surface area contributed by atoms with Crippen molar-refractivity contribution in [2.24, 2.45) is 5.92 Å². The summed E-state index contributed by atoms with van der Waals surface area (Å²) in [4.78, 5) is 19.6. The second kappa shape index (κ2) is 6.85. The van der Waals surface area contributed by atoms with Crippen LogP contribution in [0.4, 0.5) is 5.69 Å². The summed E-state index contributed by atoms with van der Waals surface area (Å²) in [5.74, 6) is 0.488. The molecule has 0 radical (unpaired) electrons. The van der Waals surface area contributed by atoms with Gasteiger partial charge >= 0.3 is 0 Å². The van der Waals surface area contributed by atoms with Gasteiger partial charge in [-0.25, -0.2) is 4.98 Å². The molecule has 2 aliphatic heterocycles. The number of ether oxygens (including phenoxy) is 2. The van der Waals surface area contributed by atoms with Gasteiger partial charge in [-0.15, -0.1) is 11.3 Å². The van der Waals surface area contributed by atoms with Gasteiger partial charge in [0.15, 0.2) is 11.5 Å². The lowest BCUT2D eigenvalue weighted by atomic mass is 9.86. The van der Waals surface area contributed by atoms with E-state index in [1.54, 1.807) is 10.4 Å². The second-order valence-electron chi connectivity index (χ2n) is 8.02. The summed E-state index contributed by atoms with van der Waals surface area (Å²) in [6.07, 6.45) is 0.787. The smallest absolute Gasteiger partial charge is 0.268 e. The normalized spacial score (nSPS) is 20.3. The maximum atomic E-state index is 13.7. The number of carbonyl (C=O) groups is 1. The van der Waals surface area contributed by atoms with E-state index in [9.17, 15) is 15.0 Å². The summed E-state index contributed by atoms with van der Waals surface area (Å²) in [6.45, 7) is 5.39. The first-order valence-corrected chi connectivity index (χ1v) is 10.8. The Balaban J connectivity index is 1.74. The maximum Gasteiger partial charge on any atom is 0.268 e. The molecular weight excluding hydrogens is 404 g/mol. The van der Waals surface area contributed by atoms with Crippen LogP contribution in [0.3, 0.4) is 0 Å². The molecule has 0 bridgehead atoms. The molecule has 0 spiro atoms. The van der Waals surface area contributed by atoms with Crippen LogP contribution in [0.1, 0.15) is 31.4 Å². The molecule has 1 amide bonds. The predicted octanol–water partition coefficient (Wildman–Crippen LogP) is 3.40. The van der Waals surface area contributed by atoms with Crippen molar-refractivity contribution < 1.29 is 24.5 Å². The highest BCUT2D eigenvalue weighted by atomic mass is 32.1. The zero-order valence-electron chi connectivity index (χ0n) is 16.7. The standard InChI is InChI=1S/C22H22N2O5S/c1-12(2)5-6-24-15-4-3-14-20(30-11-23-14)19(15)22(27,21(24)26)13-9-17-18(10-16(13)25)29-8-7-28-17/h3-4,9-12,25,27H,5-8H2,1-2H3. The Labute approximate surface area is 177 Å². The Bertz CT molecular complexity index is 1160. The minimum absolute atomic E-state index is 0.0888. The van der Waals surface area contributed by atoms with E-state index in [-0.39, 0.29) is 11.3 Å². The molecule has 3 heterocycles. The summed E-state index contributed by atoms with van der Waals surface area (Å²) in [5.41, 5.74) is 1.55. The van der Waals surface area contributed by atoms with Gasteiger partial charge in [0.05, 0.1) is 21.4 Å². The Morgan fingerprint density at radius 1 is 1.23 bits per heavy atom. The number of carbonyl (C=O) groups excluding carboxylic acids is 1. The molecule has 0 aliphatic carbocycles. The molecule has 1 aromatic heterocycles. The lowest BCUT2D eigenvalue weighted by Gasteiger charge is -2.27. The number of aliphatic hydroxyl groups is 1. The van der Waals surface area contributed by atoms with Gasteiger partial charge in [0.25, 0.3) is 5.91 Å². The van der Waals surface area contributed by atoms with Crippen LogP contribution in [0.25, 0.3) is 10.2 Å². The van der Waals surface area contributed by atoms with Gasteiger partial charge < -0.3 is 24.6 Å². The number of hydrogen-bond acceptors (Lipinski definition) is 7. The van der Waals surface area contributed by atoms with Crippen LogP contribution < -0.4 is 14.4 Å². The lowest BCUT2D eigenvalue weighted by Crippen LogP contribution is -2.42. The van der Waals surface area contributed by atoms with Crippen LogP contribution in [-0.4, -0.2) is 40.9 Å². The molecule has 3 aromatic rings. The molecule has 8 heteroatoms. The summed E-state index contributed by atoms with van der Waals surface area (Å²) in [5, 5.41) is 22.7. The van der Waals surface area contributed by atoms with E-state index in [1.807, 2.05) is 12.1 Å². The monoisotopic (exact) mass is 426 g/mol. The highest BCUT2D eigenvalue weighted by Crippen LogP contribution is 2.52. The highest BCUT2D eigenvalue weighted by molar-refractivity contribution is 7.17. The largest absolute Gasteiger partial charge is 0.507 e. The van der Waals surface area contributed by atoms with Crippen molar-refractivity contribution >= 4 is 33.1 Å². The first-order chi connectivity index (χ1) is 14.4. The molecule has 2 aliphatic rings. The van der Waals surface area contributed by atoms with Crippen molar-refractivity contribution in [3.63, 3.8) is 0 Å². The minimum atomic E-state index is -2.04. The molecule has 1 atom stereocenters. The average Bonchev–Trinajstić information content (AvgIpc) is 3.28. The number of nitrogens with zero attached hydrogens (tertiary/aromatic N) is 2. The fraction of sp³-hybridized carbons (Fsp3) is 0.364. The van der Waals surface area contributed by atoms with E-state index in [4.69, 9.17) is 9.47 Å². The summed E-state index contributed by atoms with van der Waals surface area (Å²) in [7, 11) is 0. The van der Waals surface area contributed by atoms with E-state index in [0.29, 0.717) is 53.9 Å². The van der Waals surface area contributed by atoms with Crippen LogP contribution in [0, 0.1) is 5.92 Å². The number of aromatic hydroxyl groups is 1. The van der Waals surface area contributed by atoms with E-state index in [2.05, 4.69) is 18.8 Å². The molecule has 0 saturated heterocycles. The first-order valence-electron chi connectivity index (χ1n) is 9.95. The molecule has 156 valence electrons. The van der Waals surface area contributed by atoms with Crippen LogP contribution in [-0.2, 0) is 10.4 Å². The van der Waals surface area contributed by atoms with Crippen molar-refractivity contribution in [3.8, 4) is 17.2 Å². The number of aromatic nitrogens is 1. The molecule has 2 aromatic carbocycles. The van der Waals surface area contributed by atoms with Gasteiger partial charge in [0.1, 0.15) is 19.0 Å². The fourth-order valence-corrected chi connectivity index (χ4v) is 5.01. The summed E-state index contributed by atoms with van der Waals surface area (Å²) >= 11 is 1.37. The quantitative estimate of drug-likeness (QED) is 0.664. The van der Waals surface area contributed by atoms with Gasteiger partial charge in [0, 0.05) is 23.7 Å². The minimum Gasteiger partial charge on any atom is -0.507 e. The highest BCUT2D eigenvalue weighted by Gasteiger charge is 2.54. The zero-order valence-corrected chi connectivity index (χ0v) is 17.5. The molecular formula is C22H22N2O5S. The number of anilines is 1. The number of fused-ring (bicyclic) bond motifs is 4. The van der Waals surface area contributed by atoms with Crippen molar-refractivity contribution in [1.29, 1.82) is 0 Å². The van der Waals surface area contributed by atoms with Crippen LogP contribution in [0.2, 0.25) is 0 Å². The molecule has 30 heavy (non-hydrogen) atoms. The first kappa shape index (κ1) is 19.1. The molecule has 7 nitrogen and oxygen atoms in total. The van der Waals surface area contributed by atoms with Gasteiger partial charge in [-0.05, 0) is 30.5 Å². The van der Waals surface area contributed by atoms with Crippen molar-refractivity contribution in [1.82, 2.24) is 4.98 Å². The van der Waals surface area contributed by atoms with E-state index in [0.717, 1.165) is 11.1 Å². The van der Waals surface area contributed by atoms with Gasteiger partial charge in [-0.3, -0.25) is 4.79 Å². The number of hydrogen-bond donors (Lipinski definition) is 2. The number of phenols is 1. The number of rotatable bonds is 4. The number of amides is 1. The fourth-order valence-electron chi connectivity index (χ4n) is 4.13. The van der Waals surface area contributed by atoms with Crippen molar-refractivity contribution in [2.45, 2.75) is 25.9 Å². The summed E-state index contributed by atoms with van der Waals surface area (Å²) in [6, 6.07) is 6.59. The Hall–Kier alpha value is -2.84. The third kappa shape index (κ3) is 2.67. The summed E-state index contributed by atoms with van der Waals surface area (Å²) < 4.78 is 11.9. The third-order valence-corrected chi connectivity index (χ3v) is 6.52. The maximum absolute atomic E-state index is 13.7.